The molecule has 1 aliphatic rings. The van der Waals surface area contributed by atoms with E-state index in [0.717, 1.165) is 0 Å². The van der Waals surface area contributed by atoms with E-state index in [1.54, 1.807) is 13.8 Å². The highest BCUT2D eigenvalue weighted by atomic mass is 16.5. The lowest BCUT2D eigenvalue weighted by molar-refractivity contribution is -0.135. The molecule has 1 amide bonds. The Bertz CT molecular complexity index is 247. The van der Waals surface area contributed by atoms with Crippen molar-refractivity contribution < 1.29 is 14.3 Å². The number of hydrogen-bond acceptors (Lipinski definition) is 4. The second kappa shape index (κ2) is 3.34. The summed E-state index contributed by atoms with van der Waals surface area (Å²) < 4.78 is 4.68. The number of carbonyl (C=O) groups excluding carboxylic acids is 2. The molecule has 5 heteroatoms. The molecule has 1 N–H and O–H groups in total. The minimum atomic E-state index is -0.525. The maximum Gasteiger partial charge on any atom is 0.355 e. The summed E-state index contributed by atoms with van der Waals surface area (Å²) in [5, 5.41) is 3.56. The van der Waals surface area contributed by atoms with Crippen molar-refractivity contribution >= 4 is 17.6 Å². The van der Waals surface area contributed by atoms with Crippen molar-refractivity contribution in [1.82, 2.24) is 5.43 Å². The third-order valence-corrected chi connectivity index (χ3v) is 1.57. The first kappa shape index (κ1) is 8.70. The molecule has 0 saturated heterocycles. The molecule has 1 rings (SSSR count). The predicted octanol–water partition coefficient (Wildman–Crippen LogP) is -0.329. The van der Waals surface area contributed by atoms with Crippen LogP contribution in [0.1, 0.15) is 13.8 Å². The number of hydrazone groups is 1. The Kier molecular flexibility index (Phi) is 2.42. The van der Waals surface area contributed by atoms with Gasteiger partial charge in [0.15, 0.2) is 5.71 Å². The molecule has 1 unspecified atom stereocenters. The van der Waals surface area contributed by atoms with Crippen LogP contribution in [0.5, 0.6) is 0 Å². The lowest BCUT2D eigenvalue weighted by Gasteiger charge is -2.02. The fourth-order valence-corrected chi connectivity index (χ4v) is 0.861. The molecule has 0 fully saturated rings. The van der Waals surface area contributed by atoms with Gasteiger partial charge >= 0.3 is 5.97 Å². The fourth-order valence-electron chi connectivity index (χ4n) is 0.861. The van der Waals surface area contributed by atoms with Crippen molar-refractivity contribution in [1.29, 1.82) is 0 Å². The Labute approximate surface area is 69.8 Å². The van der Waals surface area contributed by atoms with Gasteiger partial charge in [-0.3, -0.25) is 4.79 Å². The van der Waals surface area contributed by atoms with Gasteiger partial charge < -0.3 is 4.74 Å². The third kappa shape index (κ3) is 1.44. The normalized spacial score (nSPS) is 21.7. The van der Waals surface area contributed by atoms with Gasteiger partial charge in [0.05, 0.1) is 12.5 Å². The number of ether oxygens (including phenoxy) is 1. The van der Waals surface area contributed by atoms with Crippen molar-refractivity contribution in [2.24, 2.45) is 11.0 Å². The zero-order chi connectivity index (χ0) is 9.14. The van der Waals surface area contributed by atoms with E-state index in [4.69, 9.17) is 0 Å². The summed E-state index contributed by atoms with van der Waals surface area (Å²) in [6.45, 7) is 3.60. The molecule has 1 aliphatic heterocycles. The van der Waals surface area contributed by atoms with E-state index < -0.39 is 11.9 Å². The highest BCUT2D eigenvalue weighted by Gasteiger charge is 2.31. The van der Waals surface area contributed by atoms with Crippen LogP contribution in [0.3, 0.4) is 0 Å². The Morgan fingerprint density at radius 3 is 2.83 bits per heavy atom. The van der Waals surface area contributed by atoms with Gasteiger partial charge in [-0.15, -0.1) is 0 Å². The molecular formula is C7H10N2O3. The summed E-state index contributed by atoms with van der Waals surface area (Å²) in [6.07, 6.45) is 0. The molecule has 0 aromatic heterocycles. The molecule has 0 aromatic rings. The van der Waals surface area contributed by atoms with Gasteiger partial charge in [-0.1, -0.05) is 0 Å². The van der Waals surface area contributed by atoms with Gasteiger partial charge in [0.2, 0.25) is 5.91 Å². The predicted molar refractivity (Wildman–Crippen MR) is 41.4 cm³/mol. The Morgan fingerprint density at radius 1 is 1.75 bits per heavy atom. The molecule has 0 bridgehead atoms. The van der Waals surface area contributed by atoms with E-state index >= 15 is 0 Å². The van der Waals surface area contributed by atoms with Gasteiger partial charge in [-0.05, 0) is 13.8 Å². The van der Waals surface area contributed by atoms with E-state index in [1.165, 1.54) is 0 Å². The maximum atomic E-state index is 11.1. The largest absolute Gasteiger partial charge is 0.461 e. The first-order chi connectivity index (χ1) is 5.66. The third-order valence-electron chi connectivity index (χ3n) is 1.57. The Hall–Kier alpha value is -1.39. The smallest absolute Gasteiger partial charge is 0.355 e. The first-order valence-corrected chi connectivity index (χ1v) is 3.71. The van der Waals surface area contributed by atoms with Crippen molar-refractivity contribution in [3.8, 4) is 0 Å². The van der Waals surface area contributed by atoms with E-state index in [9.17, 15) is 9.59 Å². The summed E-state index contributed by atoms with van der Waals surface area (Å²) in [6, 6.07) is 0. The van der Waals surface area contributed by atoms with Crippen LogP contribution in [0.15, 0.2) is 5.10 Å². The van der Waals surface area contributed by atoms with Crippen LogP contribution >= 0.6 is 0 Å². The van der Waals surface area contributed by atoms with Crippen LogP contribution in [-0.4, -0.2) is 24.2 Å². The number of hydrogen-bond donors (Lipinski definition) is 1. The summed E-state index contributed by atoms with van der Waals surface area (Å²) in [7, 11) is 0. The standard InChI is InChI=1S/C7H10N2O3/c1-3-12-7(11)5-4(2)6(10)9-8-5/h4H,3H2,1-2H3,(H,9,10). The van der Waals surface area contributed by atoms with Crippen LogP contribution < -0.4 is 5.43 Å². The molecule has 0 radical (unpaired) electrons. The zero-order valence-corrected chi connectivity index (χ0v) is 6.96. The average molecular weight is 170 g/mol. The number of nitrogens with one attached hydrogen (secondary N) is 1. The average Bonchev–Trinajstić information content (AvgIpc) is 2.34. The van der Waals surface area contributed by atoms with Crippen LogP contribution in [0, 0.1) is 5.92 Å². The number of esters is 1. The molecular weight excluding hydrogens is 160 g/mol. The molecule has 5 nitrogen and oxygen atoms in total. The van der Waals surface area contributed by atoms with Crippen LogP contribution in [0.2, 0.25) is 0 Å². The minimum absolute atomic E-state index is 0.154. The number of amides is 1. The van der Waals surface area contributed by atoms with Crippen molar-refractivity contribution in [2.45, 2.75) is 13.8 Å². The van der Waals surface area contributed by atoms with E-state index in [0.29, 0.717) is 6.61 Å². The number of rotatable bonds is 2. The number of nitrogens with zero attached hydrogens (tertiary/aromatic N) is 1. The zero-order valence-electron chi connectivity index (χ0n) is 6.96. The maximum absolute atomic E-state index is 11.1. The quantitative estimate of drug-likeness (QED) is 0.577. The fraction of sp³-hybridized carbons (Fsp3) is 0.571. The Balaban J connectivity index is 2.64. The minimum Gasteiger partial charge on any atom is -0.461 e. The number of carbonyl (C=O) groups is 2. The molecule has 0 aliphatic carbocycles. The molecule has 0 saturated carbocycles. The summed E-state index contributed by atoms with van der Waals surface area (Å²) in [5.41, 5.74) is 2.36. The van der Waals surface area contributed by atoms with Crippen molar-refractivity contribution in [3.05, 3.63) is 0 Å². The van der Waals surface area contributed by atoms with Crippen LogP contribution in [-0.2, 0) is 14.3 Å². The SMILES string of the molecule is CCOC(=O)C1=NNC(=O)C1C. The summed E-state index contributed by atoms with van der Waals surface area (Å²) in [5.74, 6) is -1.29. The second-order valence-corrected chi connectivity index (χ2v) is 2.42. The van der Waals surface area contributed by atoms with E-state index in [2.05, 4.69) is 15.3 Å². The summed E-state index contributed by atoms with van der Waals surface area (Å²) >= 11 is 0. The molecule has 1 atom stereocenters. The van der Waals surface area contributed by atoms with Gasteiger partial charge in [0.25, 0.3) is 0 Å². The highest BCUT2D eigenvalue weighted by molar-refractivity contribution is 6.42. The molecule has 0 aromatic carbocycles. The van der Waals surface area contributed by atoms with Crippen molar-refractivity contribution in [3.63, 3.8) is 0 Å². The second-order valence-electron chi connectivity index (χ2n) is 2.42. The first-order valence-electron chi connectivity index (χ1n) is 3.71. The van der Waals surface area contributed by atoms with E-state index in [-0.39, 0.29) is 11.6 Å². The van der Waals surface area contributed by atoms with Crippen LogP contribution in [0.25, 0.3) is 0 Å². The van der Waals surface area contributed by atoms with Gasteiger partial charge in [-0.25, -0.2) is 10.2 Å². The Morgan fingerprint density at radius 2 is 2.42 bits per heavy atom. The molecule has 1 heterocycles. The lowest BCUT2D eigenvalue weighted by atomic mass is 10.1. The molecule has 0 spiro atoms. The molecule has 66 valence electrons. The van der Waals surface area contributed by atoms with Crippen molar-refractivity contribution in [2.75, 3.05) is 6.61 Å². The monoisotopic (exact) mass is 170 g/mol. The van der Waals surface area contributed by atoms with Crippen LogP contribution in [0.4, 0.5) is 0 Å². The lowest BCUT2D eigenvalue weighted by Crippen LogP contribution is -2.26. The van der Waals surface area contributed by atoms with Gasteiger partial charge in [0.1, 0.15) is 0 Å². The molecule has 12 heavy (non-hydrogen) atoms. The van der Waals surface area contributed by atoms with Gasteiger partial charge in [-0.2, -0.15) is 5.10 Å². The summed E-state index contributed by atoms with van der Waals surface area (Å²) in [4.78, 5) is 21.9. The topological polar surface area (TPSA) is 67.8 Å². The van der Waals surface area contributed by atoms with Gasteiger partial charge in [0, 0.05) is 0 Å². The van der Waals surface area contributed by atoms with E-state index in [1.807, 2.05) is 0 Å². The highest BCUT2D eigenvalue weighted by Crippen LogP contribution is 2.06.